The van der Waals surface area contributed by atoms with Gasteiger partial charge in [-0.1, -0.05) is 182 Å². The van der Waals surface area contributed by atoms with Crippen molar-refractivity contribution in [2.24, 2.45) is 0 Å². The summed E-state index contributed by atoms with van der Waals surface area (Å²) >= 11 is 0. The van der Waals surface area contributed by atoms with Gasteiger partial charge in [0.2, 0.25) is 0 Å². The maximum Gasteiger partial charge on any atom is 0.124 e. The van der Waals surface area contributed by atoms with Crippen LogP contribution in [0.5, 0.6) is 0 Å². The minimum atomic E-state index is -4.71. The Morgan fingerprint density at radius 1 is 0.300 bits per heavy atom. The van der Waals surface area contributed by atoms with Crippen molar-refractivity contribution in [1.82, 2.24) is 0 Å². The highest BCUT2D eigenvalue weighted by molar-refractivity contribution is 7.85. The van der Waals surface area contributed by atoms with Crippen LogP contribution in [0.25, 0.3) is 0 Å². The molecule has 0 amide bonds. The van der Waals surface area contributed by atoms with Crippen molar-refractivity contribution in [2.75, 3.05) is 0 Å². The Balaban J connectivity index is 0.000000141. The first-order chi connectivity index (χ1) is 39.0. The molecule has 0 aliphatic rings. The molecular weight excluding hydrogens is 1070 g/mol. The van der Waals surface area contributed by atoms with Crippen molar-refractivity contribution < 1.29 is 32.8 Å². The first kappa shape index (κ1) is 57.7. The van der Waals surface area contributed by atoms with Gasteiger partial charge in [0.05, 0.1) is 40.6 Å². The second-order valence-corrected chi connectivity index (χ2v) is 26.9. The zero-order valence-corrected chi connectivity index (χ0v) is 47.3. The molecule has 0 saturated carbocycles. The molecular formula is C69H57O7P3S. The van der Waals surface area contributed by atoms with E-state index in [1.165, 1.54) is 65.9 Å². The first-order valence-electron chi connectivity index (χ1n) is 25.7. The van der Waals surface area contributed by atoms with Gasteiger partial charge in [0.1, 0.15) is 57.9 Å². The van der Waals surface area contributed by atoms with E-state index >= 15 is 0 Å². The number of carbonyl (C=O) groups excluding carboxylic acids is 2. The minimum Gasteiger partial charge on any atom is -0.744 e. The van der Waals surface area contributed by atoms with Gasteiger partial charge < -0.3 is 24.4 Å². The van der Waals surface area contributed by atoms with Crippen molar-refractivity contribution in [2.45, 2.75) is 11.3 Å². The van der Waals surface area contributed by atoms with E-state index in [0.717, 1.165) is 24.3 Å². The number of aromatic carboxylic acids is 2. The Kier molecular flexibility index (Phi) is 21.3. The molecule has 0 aromatic heterocycles. The molecule has 0 unspecified atom stereocenters. The SMILES string of the molecule is O=C([O-])c1cc(Cc2ccccc2S(=O)(=O)[O-])cc(C(=O)[O-])c1.c1ccc([PH+](c2ccccc2)c2ccccc2)cc1.c1ccc([PH+](c2ccccc2)c2ccccc2)cc1.c1ccc([PH+](c2ccccc2)c2ccccc2)cc1. The smallest absolute Gasteiger partial charge is 0.124 e. The number of carboxylic acid groups (broad SMARTS) is 2. The lowest BCUT2D eigenvalue weighted by atomic mass is 9.99. The summed E-state index contributed by atoms with van der Waals surface area (Å²) in [6.45, 7) is 0. The van der Waals surface area contributed by atoms with Crippen LogP contribution < -0.4 is 58.0 Å². The van der Waals surface area contributed by atoms with Crippen molar-refractivity contribution >= 4 is 93.6 Å². The second kappa shape index (κ2) is 29.5. The molecule has 0 bridgehead atoms. The van der Waals surface area contributed by atoms with Gasteiger partial charge in [-0.25, -0.2) is 8.42 Å². The maximum absolute atomic E-state index is 11.2. The van der Waals surface area contributed by atoms with E-state index in [1.807, 2.05) is 0 Å². The maximum atomic E-state index is 11.2. The fourth-order valence-corrected chi connectivity index (χ4v) is 17.5. The van der Waals surface area contributed by atoms with Crippen molar-refractivity contribution in [3.63, 3.8) is 0 Å². The molecule has 7 nitrogen and oxygen atoms in total. The summed E-state index contributed by atoms with van der Waals surface area (Å²) in [6, 6.07) is 106. The Morgan fingerprint density at radius 3 is 0.700 bits per heavy atom. The third-order valence-electron chi connectivity index (χ3n) is 12.7. The van der Waals surface area contributed by atoms with E-state index in [-0.39, 0.29) is 28.7 Å². The van der Waals surface area contributed by atoms with E-state index in [0.29, 0.717) is 0 Å². The average Bonchev–Trinajstić information content (AvgIpc) is 3.50. The molecule has 0 aliphatic carbocycles. The van der Waals surface area contributed by atoms with Gasteiger partial charge in [-0.05, 0) is 162 Å². The normalized spacial score (nSPS) is 10.8. The van der Waals surface area contributed by atoms with Crippen LogP contribution in [-0.4, -0.2) is 24.9 Å². The van der Waals surface area contributed by atoms with Crippen LogP contribution >= 0.6 is 23.8 Å². The van der Waals surface area contributed by atoms with E-state index < -0.39 is 50.7 Å². The van der Waals surface area contributed by atoms with Crippen molar-refractivity contribution in [3.8, 4) is 0 Å². The zero-order valence-electron chi connectivity index (χ0n) is 43.5. The molecule has 11 heteroatoms. The zero-order chi connectivity index (χ0) is 55.9. The Bertz CT molecular complexity index is 3160. The molecule has 0 N–H and O–H groups in total. The largest absolute Gasteiger partial charge is 0.744 e. The van der Waals surface area contributed by atoms with Gasteiger partial charge in [-0.15, -0.1) is 0 Å². The second-order valence-electron chi connectivity index (χ2n) is 18.2. The molecule has 0 aliphatic heterocycles. The highest BCUT2D eigenvalue weighted by atomic mass is 32.2. The molecule has 11 rings (SSSR count). The Hall–Kier alpha value is -8.44. The fourth-order valence-electron chi connectivity index (χ4n) is 9.09. The standard InChI is InChI=1S/3C18H15P.C15H12O7S/c3*1-4-10-16(11-5-1)19(17-12-6-2-7-13-17)18-14-8-3-9-15-18;16-14(17)11-6-9(7-12(8-11)15(18)19)5-10-3-1-2-4-13(10)23(20,21)22/h3*1-15H;1-4,6-8H,5H2,(H,16,17)(H,18,19)(H,20,21,22). The van der Waals surface area contributed by atoms with E-state index in [1.54, 1.807) is 0 Å². The monoisotopic (exact) mass is 1120 g/mol. The molecule has 11 aromatic rings. The summed E-state index contributed by atoms with van der Waals surface area (Å²) in [4.78, 5) is 21.4. The predicted octanol–water partition coefficient (Wildman–Crippen LogP) is 8.44. The first-order valence-corrected chi connectivity index (χ1v) is 31.6. The van der Waals surface area contributed by atoms with Crippen LogP contribution in [-0.2, 0) is 16.5 Å². The minimum absolute atomic E-state index is 0.127. The fraction of sp³-hybridized carbons (Fsp3) is 0.0145. The summed E-state index contributed by atoms with van der Waals surface area (Å²) in [5.41, 5.74) is -0.447. The van der Waals surface area contributed by atoms with Gasteiger partial charge >= 0.3 is 0 Å². The van der Waals surface area contributed by atoms with Crippen molar-refractivity contribution in [3.05, 3.63) is 338 Å². The van der Waals surface area contributed by atoms with Crippen LogP contribution in [0.3, 0.4) is 0 Å². The number of rotatable bonds is 14. The summed E-state index contributed by atoms with van der Waals surface area (Å²) in [7, 11) is -7.35. The lowest BCUT2D eigenvalue weighted by Crippen LogP contribution is -2.26. The topological polar surface area (TPSA) is 137 Å². The molecule has 80 heavy (non-hydrogen) atoms. The van der Waals surface area contributed by atoms with Crippen LogP contribution in [0, 0.1) is 0 Å². The molecule has 396 valence electrons. The highest BCUT2D eigenvalue weighted by Crippen LogP contribution is 2.34. The van der Waals surface area contributed by atoms with Crippen LogP contribution in [0.1, 0.15) is 31.8 Å². The van der Waals surface area contributed by atoms with E-state index in [4.69, 9.17) is 0 Å². The van der Waals surface area contributed by atoms with Crippen LogP contribution in [0.15, 0.2) is 320 Å². The van der Waals surface area contributed by atoms with Crippen LogP contribution in [0.4, 0.5) is 0 Å². The molecule has 0 spiro atoms. The summed E-state index contributed by atoms with van der Waals surface area (Å²) in [5, 5.41) is 34.8. The van der Waals surface area contributed by atoms with Crippen LogP contribution in [0.2, 0.25) is 0 Å². The number of carbonyl (C=O) groups is 2. The van der Waals surface area contributed by atoms with Crippen molar-refractivity contribution in [1.29, 1.82) is 0 Å². The molecule has 0 saturated heterocycles. The molecule has 0 heterocycles. The highest BCUT2D eigenvalue weighted by Gasteiger charge is 2.27. The molecule has 0 fully saturated rings. The Labute approximate surface area is 472 Å². The summed E-state index contributed by atoms with van der Waals surface area (Å²) in [5.74, 6) is -3.17. The summed E-state index contributed by atoms with van der Waals surface area (Å²) in [6.07, 6.45) is -0.140. The third kappa shape index (κ3) is 16.5. The lowest BCUT2D eigenvalue weighted by molar-refractivity contribution is -0.255. The number of hydrogen-bond donors (Lipinski definition) is 0. The van der Waals surface area contributed by atoms with Gasteiger partial charge in [0.15, 0.2) is 0 Å². The quantitative estimate of drug-likeness (QED) is 0.0788. The van der Waals surface area contributed by atoms with Gasteiger partial charge in [0.25, 0.3) is 0 Å². The summed E-state index contributed by atoms with van der Waals surface area (Å²) < 4.78 is 33.7. The predicted molar refractivity (Wildman–Crippen MR) is 332 cm³/mol. The lowest BCUT2D eigenvalue weighted by Gasteiger charge is -2.15. The van der Waals surface area contributed by atoms with Gasteiger partial charge in [-0.3, -0.25) is 0 Å². The number of carboxylic acids is 2. The van der Waals surface area contributed by atoms with Gasteiger partial charge in [-0.2, -0.15) is 0 Å². The third-order valence-corrected chi connectivity index (χ3v) is 21.8. The molecule has 0 radical (unpaired) electrons. The number of hydrogen-bond acceptors (Lipinski definition) is 7. The van der Waals surface area contributed by atoms with E-state index in [2.05, 4.69) is 273 Å². The van der Waals surface area contributed by atoms with Gasteiger partial charge in [0, 0.05) is 0 Å². The molecule has 0 atom stereocenters. The average molecular weight is 1120 g/mol. The number of benzene rings is 11. The Morgan fingerprint density at radius 2 is 0.500 bits per heavy atom. The molecule has 11 aromatic carbocycles. The van der Waals surface area contributed by atoms with E-state index in [9.17, 15) is 32.8 Å².